The van der Waals surface area contributed by atoms with Gasteiger partial charge in [0.1, 0.15) is 0 Å². The van der Waals surface area contributed by atoms with Crippen molar-refractivity contribution in [2.75, 3.05) is 0 Å². The first-order chi connectivity index (χ1) is 6.93. The summed E-state index contributed by atoms with van der Waals surface area (Å²) >= 11 is 2.32. The molecule has 0 aliphatic carbocycles. The largest absolute Gasteiger partial charge is 0.271 e. The topological polar surface area (TPSA) is 38.0 Å². The van der Waals surface area contributed by atoms with Crippen LogP contribution in [0.5, 0.6) is 0 Å². The van der Waals surface area contributed by atoms with Gasteiger partial charge in [-0.15, -0.1) is 0 Å². The molecule has 0 radical (unpaired) electrons. The van der Waals surface area contributed by atoms with E-state index in [9.17, 15) is 0 Å². The van der Waals surface area contributed by atoms with Crippen LogP contribution < -0.4 is 11.3 Å². The smallest absolute Gasteiger partial charge is 0.0299 e. The molecule has 0 amide bonds. The summed E-state index contributed by atoms with van der Waals surface area (Å²) in [4.78, 5) is 0. The maximum Gasteiger partial charge on any atom is 0.0299 e. The first-order valence-corrected chi connectivity index (χ1v) is 6.22. The standard InChI is InChI=1S/C12H19IN2/c1-12(2,3)11(15-14)8-9-4-6-10(13)7-5-9/h4-7,11,15H,8,14H2,1-3H3. The molecule has 3 heteroatoms. The molecule has 0 bridgehead atoms. The number of hydrazine groups is 1. The van der Waals surface area contributed by atoms with E-state index in [1.165, 1.54) is 9.13 Å². The third kappa shape index (κ3) is 4.09. The van der Waals surface area contributed by atoms with Gasteiger partial charge in [0, 0.05) is 9.61 Å². The van der Waals surface area contributed by atoms with Crippen molar-refractivity contribution in [3.05, 3.63) is 33.4 Å². The molecule has 0 spiro atoms. The summed E-state index contributed by atoms with van der Waals surface area (Å²) in [6.45, 7) is 6.60. The Morgan fingerprint density at radius 3 is 2.20 bits per heavy atom. The highest BCUT2D eigenvalue weighted by Crippen LogP contribution is 2.22. The molecule has 1 atom stereocenters. The van der Waals surface area contributed by atoms with Gasteiger partial charge in [-0.2, -0.15) is 0 Å². The molecule has 84 valence electrons. The van der Waals surface area contributed by atoms with Gasteiger partial charge in [-0.25, -0.2) is 0 Å². The molecule has 15 heavy (non-hydrogen) atoms. The molecule has 1 aromatic carbocycles. The van der Waals surface area contributed by atoms with E-state index in [1.54, 1.807) is 0 Å². The zero-order valence-corrected chi connectivity index (χ0v) is 11.7. The number of hydrogen-bond donors (Lipinski definition) is 2. The summed E-state index contributed by atoms with van der Waals surface area (Å²) in [7, 11) is 0. The molecule has 0 aliphatic heterocycles. The van der Waals surface area contributed by atoms with Crippen molar-refractivity contribution in [2.24, 2.45) is 11.3 Å². The van der Waals surface area contributed by atoms with Crippen molar-refractivity contribution in [2.45, 2.75) is 33.2 Å². The number of nitrogens with one attached hydrogen (secondary N) is 1. The number of benzene rings is 1. The van der Waals surface area contributed by atoms with Gasteiger partial charge in [0.05, 0.1) is 0 Å². The third-order valence-corrected chi connectivity index (χ3v) is 3.32. The fourth-order valence-electron chi connectivity index (χ4n) is 1.47. The predicted octanol–water partition coefficient (Wildman–Crippen LogP) is 2.71. The van der Waals surface area contributed by atoms with Gasteiger partial charge < -0.3 is 0 Å². The molecule has 1 aromatic rings. The van der Waals surface area contributed by atoms with Crippen molar-refractivity contribution in [3.63, 3.8) is 0 Å². The second kappa shape index (κ2) is 5.27. The van der Waals surface area contributed by atoms with Crippen LogP contribution in [0.4, 0.5) is 0 Å². The molecule has 0 fully saturated rings. The highest BCUT2D eigenvalue weighted by molar-refractivity contribution is 14.1. The first-order valence-electron chi connectivity index (χ1n) is 5.14. The normalized spacial score (nSPS) is 13.9. The van der Waals surface area contributed by atoms with Gasteiger partial charge in [0.25, 0.3) is 0 Å². The summed E-state index contributed by atoms with van der Waals surface area (Å²) in [5.41, 5.74) is 4.41. The number of hydrogen-bond acceptors (Lipinski definition) is 2. The van der Waals surface area contributed by atoms with Gasteiger partial charge in [0.15, 0.2) is 0 Å². The Bertz CT molecular complexity index is 300. The number of rotatable bonds is 3. The molecular formula is C12H19IN2. The van der Waals surface area contributed by atoms with Crippen LogP contribution in [0.25, 0.3) is 0 Å². The average Bonchev–Trinajstić information content (AvgIpc) is 2.15. The molecule has 2 nitrogen and oxygen atoms in total. The summed E-state index contributed by atoms with van der Waals surface area (Å²) in [5, 5.41) is 0. The Kier molecular flexibility index (Phi) is 4.55. The second-order valence-corrected chi connectivity index (χ2v) is 6.16. The van der Waals surface area contributed by atoms with Crippen LogP contribution in [0.3, 0.4) is 0 Å². The van der Waals surface area contributed by atoms with E-state index in [1.807, 2.05) is 0 Å². The van der Waals surface area contributed by atoms with Gasteiger partial charge in [-0.05, 0) is 52.1 Å². The molecule has 1 rings (SSSR count). The Morgan fingerprint density at radius 1 is 1.27 bits per heavy atom. The van der Waals surface area contributed by atoms with Crippen LogP contribution in [0.1, 0.15) is 26.3 Å². The van der Waals surface area contributed by atoms with E-state index in [0.717, 1.165) is 6.42 Å². The van der Waals surface area contributed by atoms with E-state index < -0.39 is 0 Å². The quantitative estimate of drug-likeness (QED) is 0.511. The fraction of sp³-hybridized carbons (Fsp3) is 0.500. The molecule has 1 unspecified atom stereocenters. The summed E-state index contributed by atoms with van der Waals surface area (Å²) in [5.74, 6) is 5.59. The van der Waals surface area contributed by atoms with Crippen LogP contribution in [0, 0.1) is 8.99 Å². The highest BCUT2D eigenvalue weighted by atomic mass is 127. The third-order valence-electron chi connectivity index (χ3n) is 2.60. The summed E-state index contributed by atoms with van der Waals surface area (Å²) < 4.78 is 1.27. The first kappa shape index (κ1) is 12.9. The molecule has 0 heterocycles. The summed E-state index contributed by atoms with van der Waals surface area (Å²) in [6.07, 6.45) is 0.969. The van der Waals surface area contributed by atoms with Crippen LogP contribution in [-0.2, 0) is 6.42 Å². The summed E-state index contributed by atoms with van der Waals surface area (Å²) in [6, 6.07) is 8.89. The van der Waals surface area contributed by atoms with Crippen molar-refractivity contribution >= 4 is 22.6 Å². The van der Waals surface area contributed by atoms with Crippen molar-refractivity contribution < 1.29 is 0 Å². The number of nitrogens with two attached hydrogens (primary N) is 1. The van der Waals surface area contributed by atoms with E-state index in [0.29, 0.717) is 6.04 Å². The lowest BCUT2D eigenvalue weighted by molar-refractivity contribution is 0.269. The van der Waals surface area contributed by atoms with E-state index in [4.69, 9.17) is 5.84 Å². The maximum absolute atomic E-state index is 5.59. The van der Waals surface area contributed by atoms with Crippen LogP contribution >= 0.6 is 22.6 Å². The number of halogens is 1. The monoisotopic (exact) mass is 318 g/mol. The zero-order chi connectivity index (χ0) is 11.5. The SMILES string of the molecule is CC(C)(C)C(Cc1ccc(I)cc1)NN. The van der Waals surface area contributed by atoms with Gasteiger partial charge in [-0.3, -0.25) is 11.3 Å². The van der Waals surface area contributed by atoms with Gasteiger partial charge >= 0.3 is 0 Å². The highest BCUT2D eigenvalue weighted by Gasteiger charge is 2.23. The lowest BCUT2D eigenvalue weighted by Gasteiger charge is -2.30. The molecular weight excluding hydrogens is 299 g/mol. The van der Waals surface area contributed by atoms with Crippen LogP contribution in [0.2, 0.25) is 0 Å². The molecule has 0 aliphatic rings. The molecule has 0 aromatic heterocycles. The van der Waals surface area contributed by atoms with Crippen molar-refractivity contribution in [1.29, 1.82) is 0 Å². The van der Waals surface area contributed by atoms with Gasteiger partial charge in [-0.1, -0.05) is 32.9 Å². The Morgan fingerprint density at radius 2 is 1.80 bits per heavy atom. The Balaban J connectivity index is 2.71. The van der Waals surface area contributed by atoms with Crippen molar-refractivity contribution in [3.8, 4) is 0 Å². The molecule has 3 N–H and O–H groups in total. The zero-order valence-electron chi connectivity index (χ0n) is 9.55. The Labute approximate surface area is 106 Å². The lowest BCUT2D eigenvalue weighted by atomic mass is 9.83. The fourth-order valence-corrected chi connectivity index (χ4v) is 1.83. The van der Waals surface area contributed by atoms with Crippen molar-refractivity contribution in [1.82, 2.24) is 5.43 Å². The molecule has 0 saturated heterocycles. The van der Waals surface area contributed by atoms with E-state index in [2.05, 4.69) is 73.1 Å². The average molecular weight is 318 g/mol. The van der Waals surface area contributed by atoms with Gasteiger partial charge in [0.2, 0.25) is 0 Å². The predicted molar refractivity (Wildman–Crippen MR) is 73.4 cm³/mol. The molecule has 0 saturated carbocycles. The minimum atomic E-state index is 0.178. The maximum atomic E-state index is 5.59. The minimum Gasteiger partial charge on any atom is -0.271 e. The minimum absolute atomic E-state index is 0.178. The van der Waals surface area contributed by atoms with E-state index >= 15 is 0 Å². The lowest BCUT2D eigenvalue weighted by Crippen LogP contribution is -2.45. The van der Waals surface area contributed by atoms with Crippen LogP contribution in [-0.4, -0.2) is 6.04 Å². The van der Waals surface area contributed by atoms with E-state index in [-0.39, 0.29) is 5.41 Å². The van der Waals surface area contributed by atoms with Crippen LogP contribution in [0.15, 0.2) is 24.3 Å². The second-order valence-electron chi connectivity index (χ2n) is 4.92. The Hall–Kier alpha value is -0.130.